The monoisotopic (exact) mass is 531 g/mol. The molecule has 1 atom stereocenters. The largest absolute Gasteiger partial charge is 0.475 e. The zero-order valence-electron chi connectivity index (χ0n) is 20.6. The van der Waals surface area contributed by atoms with Crippen molar-refractivity contribution in [2.24, 2.45) is 0 Å². The molecular weight excluding hydrogens is 503 g/mol. The van der Waals surface area contributed by atoms with Gasteiger partial charge in [0.2, 0.25) is 5.88 Å². The Morgan fingerprint density at radius 3 is 2.66 bits per heavy atom. The average Bonchev–Trinajstić information content (AvgIpc) is 3.10. The number of amides is 2. The molecule has 2 amide bonds. The van der Waals surface area contributed by atoms with Crippen LogP contribution in [0, 0.1) is 0 Å². The second-order valence-corrected chi connectivity index (χ2v) is 8.64. The van der Waals surface area contributed by atoms with Crippen molar-refractivity contribution < 1.29 is 32.9 Å². The van der Waals surface area contributed by atoms with Gasteiger partial charge in [-0.15, -0.1) is 0 Å². The van der Waals surface area contributed by atoms with Crippen molar-refractivity contribution in [1.82, 2.24) is 9.97 Å². The molecule has 0 unspecified atom stereocenters. The summed E-state index contributed by atoms with van der Waals surface area (Å²) in [5, 5.41) is 21.1. The molecule has 3 N–H and O–H groups in total. The van der Waals surface area contributed by atoms with E-state index in [9.17, 15) is 23.1 Å². The number of urea groups is 1. The summed E-state index contributed by atoms with van der Waals surface area (Å²) in [6.07, 6.45) is -4.91. The predicted molar refractivity (Wildman–Crippen MR) is 136 cm³/mol. The summed E-state index contributed by atoms with van der Waals surface area (Å²) in [4.78, 5) is 25.8. The van der Waals surface area contributed by atoms with Crippen LogP contribution >= 0.6 is 0 Å². The summed E-state index contributed by atoms with van der Waals surface area (Å²) < 4.78 is 45.2. The number of nitrogens with one attached hydrogen (secondary N) is 1. The number of aliphatic hydroxyl groups excluding tert-OH is 2. The van der Waals surface area contributed by atoms with E-state index in [1.807, 2.05) is 6.92 Å². The molecule has 0 aliphatic carbocycles. The highest BCUT2D eigenvalue weighted by atomic mass is 19.4. The molecule has 12 heteroatoms. The van der Waals surface area contributed by atoms with Crippen LogP contribution in [0.2, 0.25) is 0 Å². The quantitative estimate of drug-likeness (QED) is 0.420. The topological polar surface area (TPSA) is 111 Å². The van der Waals surface area contributed by atoms with Gasteiger partial charge in [0.15, 0.2) is 5.82 Å². The Labute approximate surface area is 217 Å². The van der Waals surface area contributed by atoms with Gasteiger partial charge < -0.3 is 19.8 Å². The zero-order chi connectivity index (χ0) is 27.3. The van der Waals surface area contributed by atoms with Gasteiger partial charge in [0.05, 0.1) is 23.6 Å². The third-order valence-corrected chi connectivity index (χ3v) is 5.97. The highest BCUT2D eigenvalue weighted by Gasteiger charge is 2.31. The number of alkyl halides is 3. The number of pyridine rings is 2. The van der Waals surface area contributed by atoms with Gasteiger partial charge in [0.1, 0.15) is 18.5 Å². The molecule has 38 heavy (non-hydrogen) atoms. The van der Waals surface area contributed by atoms with Crippen LogP contribution in [0.5, 0.6) is 5.88 Å². The van der Waals surface area contributed by atoms with Gasteiger partial charge in [-0.2, -0.15) is 18.2 Å². The normalized spacial score (nSPS) is 14.5. The molecule has 0 saturated heterocycles. The lowest BCUT2D eigenvalue weighted by molar-refractivity contribution is -0.137. The second-order valence-electron chi connectivity index (χ2n) is 8.64. The van der Waals surface area contributed by atoms with Gasteiger partial charge in [-0.25, -0.2) is 9.78 Å². The van der Waals surface area contributed by atoms with E-state index in [1.165, 1.54) is 11.0 Å². The molecule has 9 nitrogen and oxygen atoms in total. The van der Waals surface area contributed by atoms with E-state index in [-0.39, 0.29) is 23.9 Å². The number of hydrogen-bond donors (Lipinski definition) is 3. The lowest BCUT2D eigenvalue weighted by Crippen LogP contribution is -2.36. The molecule has 1 aromatic carbocycles. The summed E-state index contributed by atoms with van der Waals surface area (Å²) >= 11 is 0. The van der Waals surface area contributed by atoms with Gasteiger partial charge in [0, 0.05) is 31.3 Å². The fraction of sp³-hybridized carbons (Fsp3) is 0.346. The van der Waals surface area contributed by atoms with Gasteiger partial charge in [-0.05, 0) is 43.7 Å². The van der Waals surface area contributed by atoms with Crippen LogP contribution in [0.4, 0.5) is 35.3 Å². The summed E-state index contributed by atoms with van der Waals surface area (Å²) in [6, 6.07) is 12.5. The number of nitrogens with zero attached hydrogens (tertiary/aromatic N) is 4. The number of aromatic nitrogens is 2. The van der Waals surface area contributed by atoms with E-state index < -0.39 is 30.5 Å². The number of aliphatic hydroxyl groups is 2. The molecule has 3 aromatic rings. The molecule has 3 heterocycles. The maximum absolute atomic E-state index is 13.4. The van der Waals surface area contributed by atoms with Crippen molar-refractivity contribution in [2.45, 2.75) is 25.6 Å². The molecule has 0 saturated carbocycles. The molecule has 0 fully saturated rings. The Bertz CT molecular complexity index is 1270. The Hall–Kier alpha value is -3.90. The first-order chi connectivity index (χ1) is 18.2. The lowest BCUT2D eigenvalue weighted by atomic mass is 10.1. The predicted octanol–water partition coefficient (Wildman–Crippen LogP) is 4.16. The van der Waals surface area contributed by atoms with Crippen molar-refractivity contribution in [3.05, 3.63) is 60.2 Å². The first kappa shape index (κ1) is 27.1. The van der Waals surface area contributed by atoms with Crippen LogP contribution in [0.25, 0.3) is 11.3 Å². The third kappa shape index (κ3) is 6.32. The highest BCUT2D eigenvalue weighted by molar-refractivity contribution is 6.03. The van der Waals surface area contributed by atoms with Crippen molar-refractivity contribution in [3.63, 3.8) is 0 Å². The molecule has 1 aliphatic heterocycles. The molecule has 0 bridgehead atoms. The molecule has 0 spiro atoms. The number of hydrogen-bond acceptors (Lipinski definition) is 7. The van der Waals surface area contributed by atoms with Crippen LogP contribution in [-0.4, -0.2) is 65.2 Å². The van der Waals surface area contributed by atoms with Crippen LogP contribution in [0.3, 0.4) is 0 Å². The molecule has 202 valence electrons. The average molecular weight is 532 g/mol. The number of anilines is 3. The fourth-order valence-corrected chi connectivity index (χ4v) is 4.05. The van der Waals surface area contributed by atoms with Gasteiger partial charge >= 0.3 is 12.2 Å². The van der Waals surface area contributed by atoms with Crippen LogP contribution in [0.1, 0.15) is 18.9 Å². The number of halogens is 3. The van der Waals surface area contributed by atoms with Crippen molar-refractivity contribution in [1.29, 1.82) is 0 Å². The van der Waals surface area contributed by atoms with E-state index in [4.69, 9.17) is 9.84 Å². The van der Waals surface area contributed by atoms with E-state index in [1.54, 1.807) is 36.4 Å². The van der Waals surface area contributed by atoms with Crippen molar-refractivity contribution in [3.8, 4) is 17.1 Å². The third-order valence-electron chi connectivity index (χ3n) is 5.97. The number of fused-ring (bicyclic) bond motifs is 1. The highest BCUT2D eigenvalue weighted by Crippen LogP contribution is 2.36. The second kappa shape index (κ2) is 11.7. The number of carbonyl (C=O) groups excluding carboxylic acids is 1. The van der Waals surface area contributed by atoms with Gasteiger partial charge in [-0.3, -0.25) is 10.2 Å². The summed E-state index contributed by atoms with van der Waals surface area (Å²) in [7, 11) is 0. The van der Waals surface area contributed by atoms with E-state index in [0.29, 0.717) is 43.3 Å². The van der Waals surface area contributed by atoms with E-state index >= 15 is 0 Å². The first-order valence-electron chi connectivity index (χ1n) is 12.1. The smallest absolute Gasteiger partial charge is 0.416 e. The van der Waals surface area contributed by atoms with Crippen molar-refractivity contribution >= 4 is 23.4 Å². The molecular formula is C26H28F3N5O4. The van der Waals surface area contributed by atoms with Crippen LogP contribution in [-0.2, 0) is 6.18 Å². The number of benzene rings is 1. The minimum absolute atomic E-state index is 0.147. The molecule has 4 rings (SSSR count). The Morgan fingerprint density at radius 1 is 1.13 bits per heavy atom. The Morgan fingerprint density at radius 2 is 1.92 bits per heavy atom. The van der Waals surface area contributed by atoms with Gasteiger partial charge in [0.25, 0.3) is 0 Å². The molecule has 0 radical (unpaired) electrons. The number of ether oxygens (including phenoxy) is 1. The summed E-state index contributed by atoms with van der Waals surface area (Å²) in [6.45, 7) is 3.00. The van der Waals surface area contributed by atoms with E-state index in [2.05, 4.69) is 20.2 Å². The number of carbonyl (C=O) groups is 1. The lowest BCUT2D eigenvalue weighted by Gasteiger charge is -2.25. The molecule has 1 aliphatic rings. The maximum atomic E-state index is 13.4. The Balaban J connectivity index is 1.64. The summed E-state index contributed by atoms with van der Waals surface area (Å²) in [5.41, 5.74) is 0.503. The number of rotatable bonds is 7. The SMILES string of the molecule is CCN1CCCN(C(=O)Nc2cccc(OC[C@H](O)CO)n2)c2nc(-c3cccc(C(F)(F)F)c3)ccc21. The molecule has 2 aromatic heterocycles. The summed E-state index contributed by atoms with van der Waals surface area (Å²) in [5.74, 6) is 0.669. The Kier molecular flexibility index (Phi) is 8.32. The van der Waals surface area contributed by atoms with E-state index in [0.717, 1.165) is 12.1 Å². The fourth-order valence-electron chi connectivity index (χ4n) is 4.05. The standard InChI is InChI=1S/C26H28F3N5O4/c1-2-33-12-5-13-34(25(37)32-22-8-4-9-23(31-22)38-16-19(36)15-35)24-21(33)11-10-20(30-24)17-6-3-7-18(14-17)26(27,28)29/h3-4,6-11,14,19,35-36H,2,5,12-13,15-16H2,1H3,(H,31,32,37)/t19-/m1/s1. The van der Waals surface area contributed by atoms with Crippen LogP contribution < -0.4 is 19.9 Å². The zero-order valence-corrected chi connectivity index (χ0v) is 20.6. The van der Waals surface area contributed by atoms with Gasteiger partial charge in [-0.1, -0.05) is 18.2 Å². The van der Waals surface area contributed by atoms with Crippen molar-refractivity contribution in [2.75, 3.05) is 48.0 Å². The first-order valence-corrected chi connectivity index (χ1v) is 12.1. The minimum atomic E-state index is -4.49. The maximum Gasteiger partial charge on any atom is 0.416 e. The van der Waals surface area contributed by atoms with Crippen LogP contribution in [0.15, 0.2) is 54.6 Å². The minimum Gasteiger partial charge on any atom is -0.475 e.